The number of aromatic nitrogens is 2. The summed E-state index contributed by atoms with van der Waals surface area (Å²) in [5.74, 6) is 2.62. The molecule has 0 amide bonds. The molecule has 2 rings (SSSR count). The first kappa shape index (κ1) is 12.1. The molecule has 2 atom stereocenters. The molecule has 0 spiro atoms. The highest BCUT2D eigenvalue weighted by molar-refractivity contribution is 5.33. The van der Waals surface area contributed by atoms with Gasteiger partial charge in [-0.05, 0) is 31.2 Å². The van der Waals surface area contributed by atoms with E-state index in [0.29, 0.717) is 17.7 Å². The Kier molecular flexibility index (Phi) is 4.14. The molecule has 0 bridgehead atoms. The maximum atomic E-state index is 5.76. The minimum Gasteiger partial charge on any atom is -0.480 e. The molecule has 17 heavy (non-hydrogen) atoms. The van der Waals surface area contributed by atoms with Crippen LogP contribution in [0.15, 0.2) is 12.4 Å². The van der Waals surface area contributed by atoms with Crippen LogP contribution in [-0.2, 0) is 0 Å². The van der Waals surface area contributed by atoms with E-state index in [1.807, 2.05) is 0 Å². The Morgan fingerprint density at radius 3 is 3.00 bits per heavy atom. The number of hydrogen-bond acceptors (Lipinski definition) is 5. The van der Waals surface area contributed by atoms with Gasteiger partial charge in [0.15, 0.2) is 0 Å². The Bertz CT molecular complexity index is 358. The third-order valence-corrected chi connectivity index (χ3v) is 3.49. The van der Waals surface area contributed by atoms with Crippen molar-refractivity contribution in [3.8, 4) is 5.88 Å². The van der Waals surface area contributed by atoms with E-state index in [9.17, 15) is 0 Å². The summed E-state index contributed by atoms with van der Waals surface area (Å²) in [6.07, 6.45) is 7.12. The first-order chi connectivity index (χ1) is 8.33. The van der Waals surface area contributed by atoms with Gasteiger partial charge in [0.05, 0.1) is 19.5 Å². The summed E-state index contributed by atoms with van der Waals surface area (Å²) >= 11 is 0. The Morgan fingerprint density at radius 2 is 2.24 bits per heavy atom. The van der Waals surface area contributed by atoms with Crippen molar-refractivity contribution in [3.63, 3.8) is 0 Å². The smallest absolute Gasteiger partial charge is 0.233 e. The lowest BCUT2D eigenvalue weighted by molar-refractivity contribution is 0.395. The molecule has 1 heterocycles. The van der Waals surface area contributed by atoms with Crippen molar-refractivity contribution in [3.05, 3.63) is 12.4 Å². The fourth-order valence-corrected chi connectivity index (χ4v) is 2.46. The highest BCUT2D eigenvalue weighted by atomic mass is 16.5. The topological polar surface area (TPSA) is 73.1 Å². The summed E-state index contributed by atoms with van der Waals surface area (Å²) in [4.78, 5) is 8.34. The van der Waals surface area contributed by atoms with Crippen LogP contribution < -0.4 is 15.8 Å². The largest absolute Gasteiger partial charge is 0.480 e. The van der Waals surface area contributed by atoms with Crippen LogP contribution in [0.2, 0.25) is 0 Å². The van der Waals surface area contributed by atoms with E-state index in [1.54, 1.807) is 19.5 Å². The lowest BCUT2D eigenvalue weighted by Crippen LogP contribution is -2.24. The second kappa shape index (κ2) is 5.82. The van der Waals surface area contributed by atoms with E-state index in [0.717, 1.165) is 18.9 Å². The first-order valence-corrected chi connectivity index (χ1v) is 6.13. The number of nitrogens with two attached hydrogens (primary N) is 1. The van der Waals surface area contributed by atoms with Crippen molar-refractivity contribution in [2.45, 2.75) is 19.3 Å². The third-order valence-electron chi connectivity index (χ3n) is 3.49. The molecule has 1 aliphatic carbocycles. The highest BCUT2D eigenvalue weighted by Gasteiger charge is 2.25. The van der Waals surface area contributed by atoms with Gasteiger partial charge in [-0.15, -0.1) is 0 Å². The molecule has 1 saturated carbocycles. The monoisotopic (exact) mass is 236 g/mol. The number of nitrogens with zero attached hydrogens (tertiary/aromatic N) is 2. The van der Waals surface area contributed by atoms with Gasteiger partial charge in [0.1, 0.15) is 5.82 Å². The standard InChI is InChI=1S/C12H20N4O/c1-17-12-8-14-7-11(16-12)15-6-10-4-2-3-9(10)5-13/h7-10H,2-6,13H2,1H3,(H,15,16). The molecule has 94 valence electrons. The van der Waals surface area contributed by atoms with E-state index < -0.39 is 0 Å². The summed E-state index contributed by atoms with van der Waals surface area (Å²) < 4.78 is 5.04. The Labute approximate surface area is 102 Å². The summed E-state index contributed by atoms with van der Waals surface area (Å²) in [5.41, 5.74) is 5.76. The normalized spacial score (nSPS) is 23.6. The second-order valence-electron chi connectivity index (χ2n) is 4.51. The van der Waals surface area contributed by atoms with Crippen LogP contribution in [0.4, 0.5) is 5.82 Å². The van der Waals surface area contributed by atoms with Crippen molar-refractivity contribution in [1.29, 1.82) is 0 Å². The van der Waals surface area contributed by atoms with Gasteiger partial charge in [0, 0.05) is 6.54 Å². The predicted octanol–water partition coefficient (Wildman–Crippen LogP) is 1.27. The van der Waals surface area contributed by atoms with Crippen LogP contribution in [0.1, 0.15) is 19.3 Å². The van der Waals surface area contributed by atoms with Gasteiger partial charge >= 0.3 is 0 Å². The molecule has 1 fully saturated rings. The molecular formula is C12H20N4O. The molecule has 3 N–H and O–H groups in total. The molecule has 0 aromatic carbocycles. The van der Waals surface area contributed by atoms with Crippen LogP contribution in [-0.4, -0.2) is 30.2 Å². The minimum absolute atomic E-state index is 0.539. The van der Waals surface area contributed by atoms with Crippen molar-refractivity contribution < 1.29 is 4.74 Å². The van der Waals surface area contributed by atoms with Crippen molar-refractivity contribution in [2.24, 2.45) is 17.6 Å². The fraction of sp³-hybridized carbons (Fsp3) is 0.667. The Morgan fingerprint density at radius 1 is 1.41 bits per heavy atom. The number of anilines is 1. The molecule has 0 radical (unpaired) electrons. The van der Waals surface area contributed by atoms with E-state index >= 15 is 0 Å². The summed E-state index contributed by atoms with van der Waals surface area (Å²) in [6.45, 7) is 1.71. The number of nitrogens with one attached hydrogen (secondary N) is 1. The van der Waals surface area contributed by atoms with Gasteiger partial charge in [0.2, 0.25) is 5.88 Å². The number of hydrogen-bond donors (Lipinski definition) is 2. The molecule has 5 heteroatoms. The average Bonchev–Trinajstić information content (AvgIpc) is 2.84. The Balaban J connectivity index is 1.88. The van der Waals surface area contributed by atoms with E-state index in [4.69, 9.17) is 10.5 Å². The van der Waals surface area contributed by atoms with Gasteiger partial charge in [-0.25, -0.2) is 0 Å². The number of rotatable bonds is 5. The second-order valence-corrected chi connectivity index (χ2v) is 4.51. The molecule has 0 saturated heterocycles. The van der Waals surface area contributed by atoms with Crippen LogP contribution >= 0.6 is 0 Å². The lowest BCUT2D eigenvalue weighted by atomic mass is 9.96. The van der Waals surface area contributed by atoms with Crippen LogP contribution in [0, 0.1) is 11.8 Å². The number of ether oxygens (including phenoxy) is 1. The fourth-order valence-electron chi connectivity index (χ4n) is 2.46. The van der Waals surface area contributed by atoms with E-state index in [1.165, 1.54) is 19.3 Å². The van der Waals surface area contributed by atoms with Crippen LogP contribution in [0.5, 0.6) is 5.88 Å². The van der Waals surface area contributed by atoms with E-state index in [2.05, 4.69) is 15.3 Å². The quantitative estimate of drug-likeness (QED) is 0.805. The molecule has 1 aromatic heterocycles. The molecule has 5 nitrogen and oxygen atoms in total. The molecule has 1 aliphatic rings. The summed E-state index contributed by atoms with van der Waals surface area (Å²) in [7, 11) is 1.59. The Hall–Kier alpha value is -1.36. The van der Waals surface area contributed by atoms with Crippen LogP contribution in [0.3, 0.4) is 0 Å². The first-order valence-electron chi connectivity index (χ1n) is 6.13. The van der Waals surface area contributed by atoms with Gasteiger partial charge in [-0.1, -0.05) is 6.42 Å². The van der Waals surface area contributed by atoms with Gasteiger partial charge in [0.25, 0.3) is 0 Å². The van der Waals surface area contributed by atoms with Crippen molar-refractivity contribution in [1.82, 2.24) is 9.97 Å². The van der Waals surface area contributed by atoms with Gasteiger partial charge in [-0.2, -0.15) is 4.98 Å². The third kappa shape index (κ3) is 3.06. The van der Waals surface area contributed by atoms with E-state index in [-0.39, 0.29) is 0 Å². The summed E-state index contributed by atoms with van der Waals surface area (Å²) in [6, 6.07) is 0. The minimum atomic E-state index is 0.539. The lowest BCUT2D eigenvalue weighted by Gasteiger charge is -2.18. The van der Waals surface area contributed by atoms with Crippen LogP contribution in [0.25, 0.3) is 0 Å². The SMILES string of the molecule is COc1cncc(NCC2CCCC2CN)n1. The molecule has 0 aliphatic heterocycles. The summed E-state index contributed by atoms with van der Waals surface area (Å²) in [5, 5.41) is 3.32. The molecular weight excluding hydrogens is 216 g/mol. The zero-order valence-electron chi connectivity index (χ0n) is 10.2. The highest BCUT2D eigenvalue weighted by Crippen LogP contribution is 2.30. The van der Waals surface area contributed by atoms with Crippen molar-refractivity contribution in [2.75, 3.05) is 25.5 Å². The molecule has 1 aromatic rings. The maximum absolute atomic E-state index is 5.76. The number of methoxy groups -OCH3 is 1. The maximum Gasteiger partial charge on any atom is 0.233 e. The van der Waals surface area contributed by atoms with Gasteiger partial charge < -0.3 is 15.8 Å². The zero-order valence-corrected chi connectivity index (χ0v) is 10.2. The molecule has 2 unspecified atom stereocenters. The van der Waals surface area contributed by atoms with Crippen molar-refractivity contribution >= 4 is 5.82 Å². The zero-order chi connectivity index (χ0) is 12.1. The predicted molar refractivity (Wildman–Crippen MR) is 67.0 cm³/mol. The average molecular weight is 236 g/mol. The van der Waals surface area contributed by atoms with Gasteiger partial charge in [-0.3, -0.25) is 4.98 Å².